The number of amides is 1. The van der Waals surface area contributed by atoms with Crippen molar-refractivity contribution >= 4 is 37.5 Å². The van der Waals surface area contributed by atoms with Crippen LogP contribution in [0.5, 0.6) is 0 Å². The molecule has 1 amide bonds. The van der Waals surface area contributed by atoms with Crippen LogP contribution >= 0.6 is 15.9 Å². The normalized spacial score (nSPS) is 20.7. The molecule has 110 valence electrons. The smallest absolute Gasteiger partial charge is 0.243 e. The number of nitrogens with zero attached hydrogens (tertiary/aromatic N) is 1. The van der Waals surface area contributed by atoms with Crippen molar-refractivity contribution in [3.05, 3.63) is 22.7 Å². The van der Waals surface area contributed by atoms with E-state index in [9.17, 15) is 13.2 Å². The fourth-order valence-electron chi connectivity index (χ4n) is 2.17. The van der Waals surface area contributed by atoms with Gasteiger partial charge in [-0.2, -0.15) is 4.31 Å². The molecule has 0 radical (unpaired) electrons. The van der Waals surface area contributed by atoms with Crippen molar-refractivity contribution < 1.29 is 13.2 Å². The lowest BCUT2D eigenvalue weighted by atomic mass is 10.2. The SMILES string of the molecule is CCC1C(=O)NCCN1S(=O)(=O)c1ccc(N)c(Br)c1. The van der Waals surface area contributed by atoms with Gasteiger partial charge in [-0.3, -0.25) is 4.79 Å². The number of rotatable bonds is 3. The molecule has 0 spiro atoms. The van der Waals surface area contributed by atoms with Crippen molar-refractivity contribution in [1.82, 2.24) is 9.62 Å². The van der Waals surface area contributed by atoms with E-state index in [1.54, 1.807) is 6.92 Å². The molecular formula is C12H16BrN3O3S. The summed E-state index contributed by atoms with van der Waals surface area (Å²) >= 11 is 3.22. The maximum atomic E-state index is 12.6. The molecule has 0 aromatic heterocycles. The molecule has 1 saturated heterocycles. The number of piperazine rings is 1. The fourth-order valence-corrected chi connectivity index (χ4v) is 4.39. The van der Waals surface area contributed by atoms with Gasteiger partial charge in [-0.15, -0.1) is 0 Å². The molecule has 1 aromatic carbocycles. The van der Waals surface area contributed by atoms with Crippen LogP contribution < -0.4 is 11.1 Å². The number of nitrogens with two attached hydrogens (primary N) is 1. The second-order valence-electron chi connectivity index (χ2n) is 4.51. The fraction of sp³-hybridized carbons (Fsp3) is 0.417. The zero-order valence-electron chi connectivity index (χ0n) is 11.0. The van der Waals surface area contributed by atoms with Gasteiger partial charge in [0.15, 0.2) is 0 Å². The molecule has 1 aromatic rings. The molecule has 1 aliphatic rings. The second-order valence-corrected chi connectivity index (χ2v) is 7.26. The highest BCUT2D eigenvalue weighted by atomic mass is 79.9. The van der Waals surface area contributed by atoms with Gasteiger partial charge in [-0.25, -0.2) is 8.42 Å². The number of carbonyl (C=O) groups is 1. The molecule has 8 heteroatoms. The number of sulfonamides is 1. The van der Waals surface area contributed by atoms with Crippen LogP contribution in [-0.2, 0) is 14.8 Å². The van der Waals surface area contributed by atoms with E-state index in [1.807, 2.05) is 0 Å². The Morgan fingerprint density at radius 2 is 2.20 bits per heavy atom. The van der Waals surface area contributed by atoms with Crippen LogP contribution in [-0.4, -0.2) is 37.8 Å². The molecule has 0 saturated carbocycles. The lowest BCUT2D eigenvalue weighted by Gasteiger charge is -2.33. The standard InChI is InChI=1S/C12H16BrN3O3S/c1-2-11-12(17)15-5-6-16(11)20(18,19)8-3-4-10(14)9(13)7-8/h3-4,7,11H,2,5-6,14H2,1H3,(H,15,17). The Morgan fingerprint density at radius 1 is 1.50 bits per heavy atom. The summed E-state index contributed by atoms with van der Waals surface area (Å²) in [7, 11) is -3.71. The van der Waals surface area contributed by atoms with Gasteiger partial charge in [0.25, 0.3) is 0 Å². The molecule has 3 N–H and O–H groups in total. The number of nitrogen functional groups attached to an aromatic ring is 1. The minimum atomic E-state index is -3.71. The Labute approximate surface area is 126 Å². The summed E-state index contributed by atoms with van der Waals surface area (Å²) in [5, 5.41) is 2.68. The highest BCUT2D eigenvalue weighted by molar-refractivity contribution is 9.10. The zero-order valence-corrected chi connectivity index (χ0v) is 13.4. The van der Waals surface area contributed by atoms with Gasteiger partial charge < -0.3 is 11.1 Å². The molecule has 2 rings (SSSR count). The maximum absolute atomic E-state index is 12.6. The third-order valence-electron chi connectivity index (χ3n) is 3.25. The lowest BCUT2D eigenvalue weighted by Crippen LogP contribution is -2.56. The molecule has 1 fully saturated rings. The molecule has 1 atom stereocenters. The van der Waals surface area contributed by atoms with Crippen LogP contribution in [0.3, 0.4) is 0 Å². The van der Waals surface area contributed by atoms with Gasteiger partial charge in [-0.1, -0.05) is 6.92 Å². The summed E-state index contributed by atoms with van der Waals surface area (Å²) in [4.78, 5) is 11.9. The van der Waals surface area contributed by atoms with Crippen molar-refractivity contribution in [3.63, 3.8) is 0 Å². The van der Waals surface area contributed by atoms with Crippen LogP contribution in [0.2, 0.25) is 0 Å². The minimum absolute atomic E-state index is 0.131. The van der Waals surface area contributed by atoms with E-state index >= 15 is 0 Å². The van der Waals surface area contributed by atoms with E-state index in [-0.39, 0.29) is 17.3 Å². The van der Waals surface area contributed by atoms with E-state index in [0.717, 1.165) is 0 Å². The van der Waals surface area contributed by atoms with Crippen molar-refractivity contribution in [2.45, 2.75) is 24.3 Å². The predicted octanol–water partition coefficient (Wildman–Crippen LogP) is 0.930. The molecule has 6 nitrogen and oxygen atoms in total. The van der Waals surface area contributed by atoms with E-state index in [2.05, 4.69) is 21.2 Å². The van der Waals surface area contributed by atoms with E-state index in [4.69, 9.17) is 5.73 Å². The van der Waals surface area contributed by atoms with Crippen LogP contribution in [0.15, 0.2) is 27.6 Å². The summed E-state index contributed by atoms with van der Waals surface area (Å²) in [5.74, 6) is -0.253. The van der Waals surface area contributed by atoms with Crippen LogP contribution in [0.1, 0.15) is 13.3 Å². The average Bonchev–Trinajstić information content (AvgIpc) is 2.41. The Bertz CT molecular complexity index is 633. The van der Waals surface area contributed by atoms with Crippen LogP contribution in [0, 0.1) is 0 Å². The molecular weight excluding hydrogens is 346 g/mol. The summed E-state index contributed by atoms with van der Waals surface area (Å²) in [6.07, 6.45) is 0.432. The number of benzene rings is 1. The van der Waals surface area contributed by atoms with E-state index in [1.165, 1.54) is 22.5 Å². The number of halogens is 1. The van der Waals surface area contributed by atoms with Gasteiger partial charge in [0.05, 0.1) is 4.90 Å². The number of hydrogen-bond donors (Lipinski definition) is 2. The first-order valence-corrected chi connectivity index (χ1v) is 8.45. The van der Waals surface area contributed by atoms with Crippen LogP contribution in [0.25, 0.3) is 0 Å². The van der Waals surface area contributed by atoms with E-state index in [0.29, 0.717) is 23.1 Å². The molecule has 1 heterocycles. The number of anilines is 1. The topological polar surface area (TPSA) is 92.5 Å². The second kappa shape index (κ2) is 5.71. The first kappa shape index (κ1) is 15.3. The molecule has 0 bridgehead atoms. The number of carbonyl (C=O) groups excluding carboxylic acids is 1. The van der Waals surface area contributed by atoms with Gasteiger partial charge in [0, 0.05) is 23.2 Å². The lowest BCUT2D eigenvalue weighted by molar-refractivity contribution is -0.126. The van der Waals surface area contributed by atoms with Gasteiger partial charge in [0.1, 0.15) is 6.04 Å². The van der Waals surface area contributed by atoms with Gasteiger partial charge in [-0.05, 0) is 40.5 Å². The quantitative estimate of drug-likeness (QED) is 0.783. The molecule has 1 aliphatic heterocycles. The third kappa shape index (κ3) is 2.68. The minimum Gasteiger partial charge on any atom is -0.398 e. The number of hydrogen-bond acceptors (Lipinski definition) is 4. The molecule has 0 aliphatic carbocycles. The average molecular weight is 362 g/mol. The zero-order chi connectivity index (χ0) is 14.9. The summed E-state index contributed by atoms with van der Waals surface area (Å²) in [6, 6.07) is 3.78. The van der Waals surface area contributed by atoms with Gasteiger partial charge >= 0.3 is 0 Å². The molecule has 20 heavy (non-hydrogen) atoms. The Kier molecular flexibility index (Phi) is 4.36. The first-order chi connectivity index (χ1) is 9.37. The van der Waals surface area contributed by atoms with Crippen molar-refractivity contribution in [2.75, 3.05) is 18.8 Å². The first-order valence-electron chi connectivity index (χ1n) is 6.22. The maximum Gasteiger partial charge on any atom is 0.243 e. The Balaban J connectivity index is 2.42. The van der Waals surface area contributed by atoms with Crippen molar-refractivity contribution in [3.8, 4) is 0 Å². The Morgan fingerprint density at radius 3 is 2.80 bits per heavy atom. The third-order valence-corrected chi connectivity index (χ3v) is 5.84. The molecule has 1 unspecified atom stereocenters. The monoisotopic (exact) mass is 361 g/mol. The highest BCUT2D eigenvalue weighted by Gasteiger charge is 2.37. The van der Waals surface area contributed by atoms with Crippen molar-refractivity contribution in [1.29, 1.82) is 0 Å². The highest BCUT2D eigenvalue weighted by Crippen LogP contribution is 2.27. The van der Waals surface area contributed by atoms with Gasteiger partial charge in [0.2, 0.25) is 15.9 Å². The summed E-state index contributed by atoms with van der Waals surface area (Å²) in [6.45, 7) is 2.39. The number of nitrogens with one attached hydrogen (secondary N) is 1. The summed E-state index contributed by atoms with van der Waals surface area (Å²) < 4.78 is 27.1. The predicted molar refractivity (Wildman–Crippen MR) is 79.5 cm³/mol. The van der Waals surface area contributed by atoms with E-state index < -0.39 is 16.1 Å². The largest absolute Gasteiger partial charge is 0.398 e. The summed E-state index contributed by atoms with van der Waals surface area (Å²) in [5.41, 5.74) is 6.13. The Hall–Kier alpha value is -1.12. The van der Waals surface area contributed by atoms with Crippen LogP contribution in [0.4, 0.5) is 5.69 Å². The van der Waals surface area contributed by atoms with Crippen molar-refractivity contribution in [2.24, 2.45) is 0 Å².